The minimum absolute atomic E-state index is 0.0902. The van der Waals surface area contributed by atoms with E-state index in [9.17, 15) is 0 Å². The van der Waals surface area contributed by atoms with Crippen LogP contribution in [0.4, 0.5) is 17.6 Å². The molecule has 0 aliphatic heterocycles. The number of aromatic nitrogens is 4. The van der Waals surface area contributed by atoms with Gasteiger partial charge in [-0.2, -0.15) is 4.98 Å². The summed E-state index contributed by atoms with van der Waals surface area (Å²) in [5.74, 6) is 2.06. The van der Waals surface area contributed by atoms with Gasteiger partial charge in [0.15, 0.2) is 5.82 Å². The first kappa shape index (κ1) is 18.3. The highest BCUT2D eigenvalue weighted by molar-refractivity contribution is 7.17. The van der Waals surface area contributed by atoms with Gasteiger partial charge in [-0.3, -0.25) is 0 Å². The van der Waals surface area contributed by atoms with Crippen LogP contribution < -0.4 is 10.6 Å². The topological polar surface area (TPSA) is 67.7 Å². The van der Waals surface area contributed by atoms with Gasteiger partial charge in [0.25, 0.3) is 0 Å². The van der Waals surface area contributed by atoms with Crippen molar-refractivity contribution in [1.82, 2.24) is 19.5 Å². The molecule has 5 aromatic rings. The van der Waals surface area contributed by atoms with Crippen molar-refractivity contribution in [3.63, 3.8) is 0 Å². The molecule has 0 aliphatic carbocycles. The Hall–Kier alpha value is -3.71. The molecule has 0 bridgehead atoms. The normalized spacial score (nSPS) is 12.0. The molecule has 148 valence electrons. The van der Waals surface area contributed by atoms with E-state index >= 15 is 0 Å². The predicted molar refractivity (Wildman–Crippen MR) is 123 cm³/mol. The Morgan fingerprint density at radius 2 is 1.70 bits per heavy atom. The summed E-state index contributed by atoms with van der Waals surface area (Å²) in [6.45, 7) is 2.10. The van der Waals surface area contributed by atoms with E-state index in [-0.39, 0.29) is 6.04 Å². The lowest BCUT2D eigenvalue weighted by Crippen LogP contribution is -2.10. The summed E-state index contributed by atoms with van der Waals surface area (Å²) in [6, 6.07) is 22.5. The van der Waals surface area contributed by atoms with Crippen molar-refractivity contribution in [3.05, 3.63) is 90.2 Å². The molecule has 0 spiro atoms. The number of para-hydroxylation sites is 1. The Morgan fingerprint density at radius 3 is 2.50 bits per heavy atom. The smallest absolute Gasteiger partial charge is 0.225 e. The van der Waals surface area contributed by atoms with Crippen LogP contribution >= 0.6 is 11.3 Å². The maximum atomic E-state index is 4.74. The van der Waals surface area contributed by atoms with E-state index in [1.807, 2.05) is 70.7 Å². The summed E-state index contributed by atoms with van der Waals surface area (Å²) in [7, 11) is 0. The molecule has 3 aromatic heterocycles. The molecule has 0 radical (unpaired) electrons. The van der Waals surface area contributed by atoms with E-state index in [1.165, 1.54) is 5.56 Å². The number of nitrogens with one attached hydrogen (secondary N) is 2. The van der Waals surface area contributed by atoms with Gasteiger partial charge >= 0.3 is 0 Å². The molecule has 0 fully saturated rings. The summed E-state index contributed by atoms with van der Waals surface area (Å²) >= 11 is 1.61. The molecule has 2 aromatic carbocycles. The van der Waals surface area contributed by atoms with Crippen molar-refractivity contribution in [2.24, 2.45) is 0 Å². The molecule has 0 aliphatic rings. The second kappa shape index (κ2) is 7.96. The standard InChI is InChI=1S/C23H20N6S/c1-16(17-8-4-2-5-9-17)25-23-26-19-12-13-30-21(19)22(28-23)27-20-14-29(15-24-20)18-10-6-3-7-11-18/h2-16H,1H3,(H2,25,26,27,28)/t16-/m0/s1. The third kappa shape index (κ3) is 3.75. The molecule has 0 saturated carbocycles. The SMILES string of the molecule is C[C@H](Nc1nc(Nc2cn(-c3ccccc3)cn2)c2sccc2n1)c1ccccc1. The lowest BCUT2D eigenvalue weighted by molar-refractivity contribution is 0.864. The average molecular weight is 413 g/mol. The summed E-state index contributed by atoms with van der Waals surface area (Å²) in [5, 5.41) is 8.80. The zero-order valence-electron chi connectivity index (χ0n) is 16.4. The molecule has 0 unspecified atom stereocenters. The maximum Gasteiger partial charge on any atom is 0.225 e. The van der Waals surface area contributed by atoms with Crippen LogP contribution in [0.15, 0.2) is 84.6 Å². The van der Waals surface area contributed by atoms with Gasteiger partial charge in [-0.1, -0.05) is 48.5 Å². The Kier molecular flexibility index (Phi) is 4.86. The molecule has 5 rings (SSSR count). The molecule has 6 nitrogen and oxygen atoms in total. The molecular formula is C23H20N6S. The second-order valence-electron chi connectivity index (χ2n) is 6.93. The van der Waals surface area contributed by atoms with E-state index in [1.54, 1.807) is 17.7 Å². The number of rotatable bonds is 6. The first-order chi connectivity index (χ1) is 14.8. The van der Waals surface area contributed by atoms with Gasteiger partial charge in [0.1, 0.15) is 12.1 Å². The number of benzene rings is 2. The predicted octanol–water partition coefficient (Wildman–Crippen LogP) is 5.79. The van der Waals surface area contributed by atoms with Gasteiger partial charge in [-0.25, -0.2) is 9.97 Å². The number of hydrogen-bond donors (Lipinski definition) is 2. The Morgan fingerprint density at radius 1 is 0.933 bits per heavy atom. The quantitative estimate of drug-likeness (QED) is 0.369. The molecule has 3 heterocycles. The lowest BCUT2D eigenvalue weighted by atomic mass is 10.1. The molecule has 30 heavy (non-hydrogen) atoms. The first-order valence-electron chi connectivity index (χ1n) is 9.69. The van der Waals surface area contributed by atoms with Crippen LogP contribution in [0, 0.1) is 0 Å². The third-order valence-electron chi connectivity index (χ3n) is 4.83. The molecule has 0 amide bonds. The summed E-state index contributed by atoms with van der Waals surface area (Å²) in [6.07, 6.45) is 3.75. The number of hydrogen-bond acceptors (Lipinski definition) is 6. The van der Waals surface area contributed by atoms with Crippen molar-refractivity contribution in [1.29, 1.82) is 0 Å². The second-order valence-corrected chi connectivity index (χ2v) is 7.85. The fourth-order valence-corrected chi connectivity index (χ4v) is 4.06. The Bertz CT molecular complexity index is 1260. The van der Waals surface area contributed by atoms with Crippen molar-refractivity contribution in [2.75, 3.05) is 10.6 Å². The summed E-state index contributed by atoms with van der Waals surface area (Å²) in [5.41, 5.74) is 3.14. The number of thiophene rings is 1. The van der Waals surface area contributed by atoms with Gasteiger partial charge in [-0.15, -0.1) is 11.3 Å². The van der Waals surface area contributed by atoms with Crippen molar-refractivity contribution in [3.8, 4) is 5.69 Å². The first-order valence-corrected chi connectivity index (χ1v) is 10.6. The van der Waals surface area contributed by atoms with Crippen LogP contribution in [-0.4, -0.2) is 19.5 Å². The molecule has 0 saturated heterocycles. The number of anilines is 3. The van der Waals surface area contributed by atoms with Crippen LogP contribution in [0.2, 0.25) is 0 Å². The van der Waals surface area contributed by atoms with Crippen LogP contribution in [0.1, 0.15) is 18.5 Å². The van der Waals surface area contributed by atoms with E-state index < -0.39 is 0 Å². The van der Waals surface area contributed by atoms with Crippen molar-refractivity contribution in [2.45, 2.75) is 13.0 Å². The van der Waals surface area contributed by atoms with Gasteiger partial charge in [0, 0.05) is 5.69 Å². The van der Waals surface area contributed by atoms with Crippen LogP contribution in [0.3, 0.4) is 0 Å². The third-order valence-corrected chi connectivity index (χ3v) is 5.74. The van der Waals surface area contributed by atoms with E-state index in [0.717, 1.165) is 27.5 Å². The largest absolute Gasteiger partial charge is 0.348 e. The van der Waals surface area contributed by atoms with E-state index in [0.29, 0.717) is 5.95 Å². The highest BCUT2D eigenvalue weighted by atomic mass is 32.1. The van der Waals surface area contributed by atoms with Gasteiger partial charge in [0.05, 0.1) is 22.5 Å². The minimum Gasteiger partial charge on any atom is -0.348 e. The number of fused-ring (bicyclic) bond motifs is 1. The molecule has 1 atom stereocenters. The molecular weight excluding hydrogens is 392 g/mol. The van der Waals surface area contributed by atoms with Crippen LogP contribution in [-0.2, 0) is 0 Å². The average Bonchev–Trinajstić information content (AvgIpc) is 3.45. The van der Waals surface area contributed by atoms with E-state index in [4.69, 9.17) is 4.98 Å². The van der Waals surface area contributed by atoms with Crippen LogP contribution in [0.25, 0.3) is 15.9 Å². The maximum absolute atomic E-state index is 4.74. The Labute approximate surface area is 178 Å². The number of nitrogens with zero attached hydrogens (tertiary/aromatic N) is 4. The monoisotopic (exact) mass is 412 g/mol. The van der Waals surface area contributed by atoms with Crippen molar-refractivity contribution < 1.29 is 0 Å². The van der Waals surface area contributed by atoms with Gasteiger partial charge in [-0.05, 0) is 36.1 Å². The lowest BCUT2D eigenvalue weighted by Gasteiger charge is -2.15. The van der Waals surface area contributed by atoms with E-state index in [2.05, 4.69) is 39.7 Å². The Balaban J connectivity index is 1.43. The number of imidazole rings is 1. The van der Waals surface area contributed by atoms with Gasteiger partial charge in [0.2, 0.25) is 5.95 Å². The zero-order valence-corrected chi connectivity index (χ0v) is 17.2. The van der Waals surface area contributed by atoms with Crippen LogP contribution in [0.5, 0.6) is 0 Å². The van der Waals surface area contributed by atoms with Gasteiger partial charge < -0.3 is 15.2 Å². The zero-order chi connectivity index (χ0) is 20.3. The fraction of sp³-hybridized carbons (Fsp3) is 0.0870. The highest BCUT2D eigenvalue weighted by Gasteiger charge is 2.13. The summed E-state index contributed by atoms with van der Waals surface area (Å²) < 4.78 is 2.98. The summed E-state index contributed by atoms with van der Waals surface area (Å²) in [4.78, 5) is 13.9. The molecule has 2 N–H and O–H groups in total. The fourth-order valence-electron chi connectivity index (χ4n) is 3.28. The highest BCUT2D eigenvalue weighted by Crippen LogP contribution is 2.30. The van der Waals surface area contributed by atoms with Crippen molar-refractivity contribution >= 4 is 39.1 Å². The molecule has 7 heteroatoms. The minimum atomic E-state index is 0.0902.